The summed E-state index contributed by atoms with van der Waals surface area (Å²) in [6.07, 6.45) is 1.58. The average molecular weight is 258 g/mol. The zero-order valence-corrected chi connectivity index (χ0v) is 10.3. The maximum absolute atomic E-state index is 12.2. The number of hydrogen-bond acceptors (Lipinski definition) is 4. The monoisotopic (exact) mass is 258 g/mol. The van der Waals surface area contributed by atoms with Crippen LogP contribution >= 0.6 is 0 Å². The third kappa shape index (κ3) is 2.40. The molecule has 0 spiro atoms. The van der Waals surface area contributed by atoms with E-state index in [0.29, 0.717) is 24.5 Å². The molecule has 1 aliphatic heterocycles. The Labute approximate surface area is 110 Å². The van der Waals surface area contributed by atoms with Crippen molar-refractivity contribution in [3.63, 3.8) is 0 Å². The van der Waals surface area contributed by atoms with Crippen molar-refractivity contribution in [2.45, 2.75) is 6.54 Å². The first-order valence-corrected chi connectivity index (χ1v) is 6.15. The lowest BCUT2D eigenvalue weighted by Crippen LogP contribution is -2.26. The van der Waals surface area contributed by atoms with E-state index in [1.165, 1.54) is 0 Å². The van der Waals surface area contributed by atoms with Crippen LogP contribution in [0.25, 0.3) is 0 Å². The molecule has 5 heteroatoms. The van der Waals surface area contributed by atoms with Crippen molar-refractivity contribution in [1.82, 2.24) is 5.32 Å². The average Bonchev–Trinajstić information content (AvgIpc) is 2.97. The SMILES string of the molecule is O=C(NCc1ccco1)c1cccc2c1OCCN2. The van der Waals surface area contributed by atoms with Crippen molar-refractivity contribution in [3.8, 4) is 5.75 Å². The van der Waals surface area contributed by atoms with Gasteiger partial charge < -0.3 is 19.8 Å². The number of rotatable bonds is 3. The molecule has 2 aromatic rings. The minimum Gasteiger partial charge on any atom is -0.489 e. The zero-order valence-electron chi connectivity index (χ0n) is 10.3. The molecule has 19 heavy (non-hydrogen) atoms. The Kier molecular flexibility index (Phi) is 3.10. The number of benzene rings is 1. The summed E-state index contributed by atoms with van der Waals surface area (Å²) in [6.45, 7) is 1.68. The summed E-state index contributed by atoms with van der Waals surface area (Å²) < 4.78 is 10.7. The van der Waals surface area contributed by atoms with Gasteiger partial charge in [-0.25, -0.2) is 0 Å². The summed E-state index contributed by atoms with van der Waals surface area (Å²) in [4.78, 5) is 12.2. The van der Waals surface area contributed by atoms with Gasteiger partial charge >= 0.3 is 0 Å². The fourth-order valence-corrected chi connectivity index (χ4v) is 2.03. The molecule has 5 nitrogen and oxygen atoms in total. The molecule has 1 aromatic carbocycles. The van der Waals surface area contributed by atoms with E-state index in [2.05, 4.69) is 10.6 Å². The van der Waals surface area contributed by atoms with Gasteiger partial charge in [0.25, 0.3) is 5.91 Å². The molecule has 0 radical (unpaired) electrons. The molecule has 0 fully saturated rings. The fourth-order valence-electron chi connectivity index (χ4n) is 2.03. The Balaban J connectivity index is 1.76. The minimum atomic E-state index is -0.169. The predicted octanol–water partition coefficient (Wildman–Crippen LogP) is 2.01. The molecule has 3 rings (SSSR count). The van der Waals surface area contributed by atoms with E-state index in [4.69, 9.17) is 9.15 Å². The van der Waals surface area contributed by atoms with Gasteiger partial charge in [-0.1, -0.05) is 6.07 Å². The second kappa shape index (κ2) is 5.06. The van der Waals surface area contributed by atoms with Gasteiger partial charge in [-0.05, 0) is 24.3 Å². The summed E-state index contributed by atoms with van der Waals surface area (Å²) in [6, 6.07) is 9.10. The summed E-state index contributed by atoms with van der Waals surface area (Å²) in [7, 11) is 0. The molecular formula is C14H14N2O3. The zero-order chi connectivity index (χ0) is 13.1. The van der Waals surface area contributed by atoms with Crippen molar-refractivity contribution in [2.75, 3.05) is 18.5 Å². The molecule has 0 unspecified atom stereocenters. The topological polar surface area (TPSA) is 63.5 Å². The normalized spacial score (nSPS) is 13.1. The van der Waals surface area contributed by atoms with E-state index < -0.39 is 0 Å². The fraction of sp³-hybridized carbons (Fsp3) is 0.214. The minimum absolute atomic E-state index is 0.169. The van der Waals surface area contributed by atoms with Crippen LogP contribution in [0.5, 0.6) is 5.75 Å². The summed E-state index contributed by atoms with van der Waals surface area (Å²) >= 11 is 0. The lowest BCUT2D eigenvalue weighted by Gasteiger charge is -2.21. The van der Waals surface area contributed by atoms with Gasteiger partial charge in [-0.15, -0.1) is 0 Å². The highest BCUT2D eigenvalue weighted by atomic mass is 16.5. The van der Waals surface area contributed by atoms with Crippen LogP contribution in [0, 0.1) is 0 Å². The van der Waals surface area contributed by atoms with E-state index in [-0.39, 0.29) is 5.91 Å². The van der Waals surface area contributed by atoms with Crippen LogP contribution in [-0.2, 0) is 6.54 Å². The lowest BCUT2D eigenvalue weighted by molar-refractivity contribution is 0.0944. The first-order chi connectivity index (χ1) is 9.34. The molecular weight excluding hydrogens is 244 g/mol. The molecule has 1 amide bonds. The highest BCUT2D eigenvalue weighted by Crippen LogP contribution is 2.31. The summed E-state index contributed by atoms with van der Waals surface area (Å²) in [5, 5.41) is 6.02. The number of ether oxygens (including phenoxy) is 1. The number of carbonyl (C=O) groups excluding carboxylic acids is 1. The number of anilines is 1. The molecule has 0 saturated carbocycles. The van der Waals surface area contributed by atoms with Crippen molar-refractivity contribution in [3.05, 3.63) is 47.9 Å². The predicted molar refractivity (Wildman–Crippen MR) is 70.3 cm³/mol. The van der Waals surface area contributed by atoms with Crippen molar-refractivity contribution >= 4 is 11.6 Å². The van der Waals surface area contributed by atoms with Gasteiger partial charge in [0.2, 0.25) is 0 Å². The molecule has 98 valence electrons. The van der Waals surface area contributed by atoms with E-state index >= 15 is 0 Å². The van der Waals surface area contributed by atoms with Gasteiger partial charge in [0.1, 0.15) is 12.4 Å². The Morgan fingerprint density at radius 3 is 3.11 bits per heavy atom. The smallest absolute Gasteiger partial charge is 0.255 e. The second-order valence-corrected chi connectivity index (χ2v) is 4.22. The maximum atomic E-state index is 12.2. The molecule has 0 atom stereocenters. The van der Waals surface area contributed by atoms with Crippen LogP contribution < -0.4 is 15.4 Å². The highest BCUT2D eigenvalue weighted by Gasteiger charge is 2.18. The summed E-state index contributed by atoms with van der Waals surface area (Å²) in [5.74, 6) is 1.17. The lowest BCUT2D eigenvalue weighted by atomic mass is 10.1. The maximum Gasteiger partial charge on any atom is 0.255 e. The van der Waals surface area contributed by atoms with E-state index in [1.807, 2.05) is 18.2 Å². The van der Waals surface area contributed by atoms with Crippen molar-refractivity contribution in [2.24, 2.45) is 0 Å². The Bertz CT molecular complexity index is 578. The molecule has 0 aliphatic carbocycles. The number of furan rings is 1. The van der Waals surface area contributed by atoms with Gasteiger partial charge in [0.15, 0.2) is 5.75 Å². The molecule has 2 heterocycles. The van der Waals surface area contributed by atoms with E-state index in [0.717, 1.165) is 18.0 Å². The van der Waals surface area contributed by atoms with E-state index in [1.54, 1.807) is 18.4 Å². The van der Waals surface area contributed by atoms with Crippen molar-refractivity contribution in [1.29, 1.82) is 0 Å². The Morgan fingerprint density at radius 2 is 2.26 bits per heavy atom. The third-order valence-corrected chi connectivity index (χ3v) is 2.93. The largest absolute Gasteiger partial charge is 0.489 e. The quantitative estimate of drug-likeness (QED) is 0.884. The standard InChI is InChI=1S/C14H14N2O3/c17-14(16-9-10-3-2-7-18-10)11-4-1-5-12-13(11)19-8-6-15-12/h1-5,7,15H,6,8-9H2,(H,16,17). The number of carbonyl (C=O) groups is 1. The van der Waals surface area contributed by atoms with Gasteiger partial charge in [-0.3, -0.25) is 4.79 Å². The van der Waals surface area contributed by atoms with Crippen LogP contribution in [0.2, 0.25) is 0 Å². The summed E-state index contributed by atoms with van der Waals surface area (Å²) in [5.41, 5.74) is 1.40. The van der Waals surface area contributed by atoms with Crippen molar-refractivity contribution < 1.29 is 13.9 Å². The number of hydrogen-bond donors (Lipinski definition) is 2. The molecule has 0 saturated heterocycles. The van der Waals surface area contributed by atoms with Crippen LogP contribution in [0.4, 0.5) is 5.69 Å². The molecule has 0 bridgehead atoms. The van der Waals surface area contributed by atoms with Gasteiger partial charge in [-0.2, -0.15) is 0 Å². The Hall–Kier alpha value is -2.43. The Morgan fingerprint density at radius 1 is 1.32 bits per heavy atom. The highest BCUT2D eigenvalue weighted by molar-refractivity contribution is 5.98. The van der Waals surface area contributed by atoms with Crippen LogP contribution in [0.3, 0.4) is 0 Å². The van der Waals surface area contributed by atoms with E-state index in [9.17, 15) is 4.79 Å². The first-order valence-electron chi connectivity index (χ1n) is 6.15. The van der Waals surface area contributed by atoms with Gasteiger partial charge in [0, 0.05) is 6.54 Å². The van der Waals surface area contributed by atoms with Crippen LogP contribution in [-0.4, -0.2) is 19.1 Å². The third-order valence-electron chi connectivity index (χ3n) is 2.93. The number of nitrogens with one attached hydrogen (secondary N) is 2. The second-order valence-electron chi connectivity index (χ2n) is 4.22. The van der Waals surface area contributed by atoms with Gasteiger partial charge in [0.05, 0.1) is 24.1 Å². The molecule has 2 N–H and O–H groups in total. The first kappa shape index (κ1) is 11.6. The van der Waals surface area contributed by atoms with Crippen LogP contribution in [0.15, 0.2) is 41.0 Å². The number of amides is 1. The molecule has 1 aromatic heterocycles. The molecule has 1 aliphatic rings. The number of para-hydroxylation sites is 1. The number of fused-ring (bicyclic) bond motifs is 1. The van der Waals surface area contributed by atoms with Crippen LogP contribution in [0.1, 0.15) is 16.1 Å².